The number of thiazole rings is 1. The van der Waals surface area contributed by atoms with E-state index >= 15 is 0 Å². The topological polar surface area (TPSA) is 87.2 Å². The summed E-state index contributed by atoms with van der Waals surface area (Å²) in [7, 11) is 0. The van der Waals surface area contributed by atoms with Crippen molar-refractivity contribution >= 4 is 39.8 Å². The van der Waals surface area contributed by atoms with Crippen molar-refractivity contribution in [2.75, 3.05) is 28.6 Å². The highest BCUT2D eigenvalue weighted by Crippen LogP contribution is 2.20. The van der Waals surface area contributed by atoms with Crippen LogP contribution in [0, 0.1) is 5.82 Å². The molecule has 0 saturated carbocycles. The second kappa shape index (κ2) is 9.65. The number of rotatable bonds is 6. The molecule has 3 aromatic rings. The molecule has 31 heavy (non-hydrogen) atoms. The molecule has 4 rings (SSSR count). The van der Waals surface area contributed by atoms with Crippen LogP contribution in [0.1, 0.15) is 35.3 Å². The van der Waals surface area contributed by atoms with E-state index < -0.39 is 11.7 Å². The molecule has 3 heterocycles. The molecule has 0 bridgehead atoms. The highest BCUT2D eigenvalue weighted by Gasteiger charge is 2.15. The minimum atomic E-state index is -0.601. The van der Waals surface area contributed by atoms with Gasteiger partial charge in [-0.2, -0.15) is 0 Å². The Bertz CT molecular complexity index is 1060. The SMILES string of the molecule is O=C(Cc1csc(NC(=O)c2ccccc2F)n1)Nc1ccc(N2CCCCC2)nc1. The molecule has 1 aliphatic rings. The molecule has 1 saturated heterocycles. The first-order valence-electron chi connectivity index (χ1n) is 10.1. The van der Waals surface area contributed by atoms with Crippen LogP contribution in [0.2, 0.25) is 0 Å². The Morgan fingerprint density at radius 2 is 1.87 bits per heavy atom. The van der Waals surface area contributed by atoms with E-state index in [0.29, 0.717) is 16.5 Å². The van der Waals surface area contributed by atoms with E-state index in [1.165, 1.54) is 48.8 Å². The normalized spacial score (nSPS) is 13.6. The number of benzene rings is 1. The Balaban J connectivity index is 1.30. The van der Waals surface area contributed by atoms with Crippen molar-refractivity contribution in [1.82, 2.24) is 9.97 Å². The third kappa shape index (κ3) is 5.43. The van der Waals surface area contributed by atoms with Crippen LogP contribution < -0.4 is 15.5 Å². The van der Waals surface area contributed by atoms with Gasteiger partial charge in [0.25, 0.3) is 5.91 Å². The maximum Gasteiger partial charge on any atom is 0.260 e. The van der Waals surface area contributed by atoms with E-state index in [1.807, 2.05) is 12.1 Å². The summed E-state index contributed by atoms with van der Waals surface area (Å²) >= 11 is 1.18. The molecule has 9 heteroatoms. The van der Waals surface area contributed by atoms with Crippen LogP contribution in [0.3, 0.4) is 0 Å². The Kier molecular flexibility index (Phi) is 6.51. The van der Waals surface area contributed by atoms with E-state index in [0.717, 1.165) is 18.9 Å². The van der Waals surface area contributed by atoms with Gasteiger partial charge < -0.3 is 10.2 Å². The lowest BCUT2D eigenvalue weighted by atomic mass is 10.1. The van der Waals surface area contributed by atoms with E-state index in [2.05, 4.69) is 25.5 Å². The zero-order chi connectivity index (χ0) is 21.6. The summed E-state index contributed by atoms with van der Waals surface area (Å²) in [6.07, 6.45) is 5.33. The van der Waals surface area contributed by atoms with Gasteiger partial charge in [0, 0.05) is 18.5 Å². The van der Waals surface area contributed by atoms with Crippen molar-refractivity contribution in [2.24, 2.45) is 0 Å². The van der Waals surface area contributed by atoms with Crippen LogP contribution in [0.15, 0.2) is 48.0 Å². The summed E-state index contributed by atoms with van der Waals surface area (Å²) in [6.45, 7) is 2.02. The fourth-order valence-corrected chi connectivity index (χ4v) is 4.10. The molecule has 0 spiro atoms. The van der Waals surface area contributed by atoms with Gasteiger partial charge in [-0.15, -0.1) is 11.3 Å². The average molecular weight is 440 g/mol. The average Bonchev–Trinajstić information content (AvgIpc) is 3.21. The van der Waals surface area contributed by atoms with Crippen LogP contribution in [-0.2, 0) is 11.2 Å². The zero-order valence-corrected chi connectivity index (χ0v) is 17.6. The summed E-state index contributed by atoms with van der Waals surface area (Å²) in [5.74, 6) is -0.489. The van der Waals surface area contributed by atoms with Crippen molar-refractivity contribution < 1.29 is 14.0 Å². The number of nitrogens with zero attached hydrogens (tertiary/aromatic N) is 3. The monoisotopic (exact) mass is 439 g/mol. The molecule has 1 aliphatic heterocycles. The number of hydrogen-bond donors (Lipinski definition) is 2. The number of anilines is 3. The number of hydrogen-bond acceptors (Lipinski definition) is 6. The van der Waals surface area contributed by atoms with Crippen molar-refractivity contribution in [2.45, 2.75) is 25.7 Å². The number of carbonyl (C=O) groups excluding carboxylic acids is 2. The first-order chi connectivity index (χ1) is 15.1. The lowest BCUT2D eigenvalue weighted by molar-refractivity contribution is -0.115. The summed E-state index contributed by atoms with van der Waals surface area (Å²) in [5.41, 5.74) is 1.08. The second-order valence-electron chi connectivity index (χ2n) is 7.26. The van der Waals surface area contributed by atoms with E-state index in [9.17, 15) is 14.0 Å². The highest BCUT2D eigenvalue weighted by atomic mass is 32.1. The summed E-state index contributed by atoms with van der Waals surface area (Å²) < 4.78 is 13.7. The predicted octanol–water partition coefficient (Wildman–Crippen LogP) is 4.10. The quantitative estimate of drug-likeness (QED) is 0.604. The van der Waals surface area contributed by atoms with Crippen LogP contribution in [0.25, 0.3) is 0 Å². The summed E-state index contributed by atoms with van der Waals surface area (Å²) in [5, 5.41) is 7.37. The number of amides is 2. The van der Waals surface area contributed by atoms with Gasteiger partial charge in [0.1, 0.15) is 11.6 Å². The lowest BCUT2D eigenvalue weighted by Gasteiger charge is -2.27. The zero-order valence-electron chi connectivity index (χ0n) is 16.8. The van der Waals surface area contributed by atoms with Crippen LogP contribution in [0.5, 0.6) is 0 Å². The Labute approximate surface area is 183 Å². The second-order valence-corrected chi connectivity index (χ2v) is 8.11. The fourth-order valence-electron chi connectivity index (χ4n) is 3.40. The van der Waals surface area contributed by atoms with Gasteiger partial charge in [-0.25, -0.2) is 14.4 Å². The molecular weight excluding hydrogens is 417 g/mol. The molecule has 160 valence electrons. The van der Waals surface area contributed by atoms with Gasteiger partial charge in [-0.3, -0.25) is 14.9 Å². The van der Waals surface area contributed by atoms with Gasteiger partial charge in [0.15, 0.2) is 5.13 Å². The lowest BCUT2D eigenvalue weighted by Crippen LogP contribution is -2.30. The first kappa shape index (κ1) is 20.9. The van der Waals surface area contributed by atoms with Crippen molar-refractivity contribution in [3.63, 3.8) is 0 Å². The van der Waals surface area contributed by atoms with E-state index in [4.69, 9.17) is 0 Å². The minimum Gasteiger partial charge on any atom is -0.357 e. The van der Waals surface area contributed by atoms with Crippen molar-refractivity contribution in [1.29, 1.82) is 0 Å². The molecule has 2 aromatic heterocycles. The Hall–Kier alpha value is -3.33. The summed E-state index contributed by atoms with van der Waals surface area (Å²) in [4.78, 5) is 35.5. The number of nitrogens with one attached hydrogen (secondary N) is 2. The standard InChI is InChI=1S/C22H22FN5O2S/c23-18-7-3-2-6-17(18)21(30)27-22-26-16(14-31-22)12-20(29)25-15-8-9-19(24-13-15)28-10-4-1-5-11-28/h2-3,6-9,13-14H,1,4-5,10-12H2,(H,25,29)(H,26,27,30). The fraction of sp³-hybridized carbons (Fsp3) is 0.273. The molecule has 2 N–H and O–H groups in total. The third-order valence-electron chi connectivity index (χ3n) is 4.94. The van der Waals surface area contributed by atoms with Gasteiger partial charge in [0.2, 0.25) is 5.91 Å². The van der Waals surface area contributed by atoms with E-state index in [-0.39, 0.29) is 17.9 Å². The van der Waals surface area contributed by atoms with Crippen molar-refractivity contribution in [3.8, 4) is 0 Å². The maximum atomic E-state index is 13.7. The number of aromatic nitrogens is 2. The summed E-state index contributed by atoms with van der Waals surface area (Å²) in [6, 6.07) is 9.49. The van der Waals surface area contributed by atoms with Gasteiger partial charge >= 0.3 is 0 Å². The van der Waals surface area contributed by atoms with Crippen molar-refractivity contribution in [3.05, 3.63) is 65.0 Å². The highest BCUT2D eigenvalue weighted by molar-refractivity contribution is 7.14. The molecule has 0 aliphatic carbocycles. The van der Waals surface area contributed by atoms with Crippen LogP contribution in [-0.4, -0.2) is 34.9 Å². The molecular formula is C22H22FN5O2S. The molecule has 1 aromatic carbocycles. The molecule has 7 nitrogen and oxygen atoms in total. The number of piperidine rings is 1. The first-order valence-corrected chi connectivity index (χ1v) is 11.0. The largest absolute Gasteiger partial charge is 0.357 e. The third-order valence-corrected chi connectivity index (χ3v) is 5.75. The molecule has 2 amide bonds. The minimum absolute atomic E-state index is 0.0555. The number of carbonyl (C=O) groups is 2. The number of pyridine rings is 1. The molecule has 1 fully saturated rings. The number of halogens is 1. The van der Waals surface area contributed by atoms with E-state index in [1.54, 1.807) is 17.6 Å². The predicted molar refractivity (Wildman–Crippen MR) is 119 cm³/mol. The van der Waals surface area contributed by atoms with Gasteiger partial charge in [0.05, 0.1) is 29.6 Å². The van der Waals surface area contributed by atoms with Gasteiger partial charge in [-0.05, 0) is 43.5 Å². The molecule has 0 radical (unpaired) electrons. The molecule has 0 unspecified atom stereocenters. The Morgan fingerprint density at radius 1 is 1.06 bits per heavy atom. The van der Waals surface area contributed by atoms with Gasteiger partial charge in [-0.1, -0.05) is 12.1 Å². The van der Waals surface area contributed by atoms with Crippen LogP contribution in [0.4, 0.5) is 21.0 Å². The van der Waals surface area contributed by atoms with Crippen LogP contribution >= 0.6 is 11.3 Å². The maximum absolute atomic E-state index is 13.7. The Morgan fingerprint density at radius 3 is 2.61 bits per heavy atom. The smallest absolute Gasteiger partial charge is 0.260 e. The molecule has 0 atom stereocenters.